The second-order valence-electron chi connectivity index (χ2n) is 2.48. The predicted octanol–water partition coefficient (Wildman–Crippen LogP) is 1.25. The second-order valence-corrected chi connectivity index (χ2v) is 2.48. The minimum Gasteiger partial charge on any atom is -0.497 e. The maximum Gasteiger partial charge on any atom is 0.124 e. The van der Waals surface area contributed by atoms with Crippen molar-refractivity contribution in [3.63, 3.8) is 0 Å². The van der Waals surface area contributed by atoms with Crippen molar-refractivity contribution in [2.75, 3.05) is 26.7 Å². The van der Waals surface area contributed by atoms with E-state index in [1.165, 1.54) is 0 Å². The zero-order valence-corrected chi connectivity index (χ0v) is 8.05. The molecule has 72 valence electrons. The maximum absolute atomic E-state index is 5.10. The number of anilines is 1. The van der Waals surface area contributed by atoms with Crippen LogP contribution in [0, 0.1) is 0 Å². The number of nitrogens with one attached hydrogen (secondary N) is 2. The van der Waals surface area contributed by atoms with E-state index >= 15 is 0 Å². The van der Waals surface area contributed by atoms with E-state index in [1.54, 1.807) is 21.3 Å². The summed E-state index contributed by atoms with van der Waals surface area (Å²) in [4.78, 5) is 0. The fourth-order valence-corrected chi connectivity index (χ4v) is 1.02. The van der Waals surface area contributed by atoms with Gasteiger partial charge < -0.3 is 14.9 Å². The Morgan fingerprint density at radius 2 is 1.54 bits per heavy atom. The fraction of sp³-hybridized carbons (Fsp3) is 0.333. The van der Waals surface area contributed by atoms with Crippen LogP contribution in [-0.4, -0.2) is 21.3 Å². The van der Waals surface area contributed by atoms with Crippen molar-refractivity contribution in [1.29, 1.82) is 0 Å². The summed E-state index contributed by atoms with van der Waals surface area (Å²) in [6.45, 7) is 0. The van der Waals surface area contributed by atoms with E-state index in [9.17, 15) is 0 Å². The normalized spacial score (nSPS) is 9.46. The molecule has 0 radical (unpaired) electrons. The van der Waals surface area contributed by atoms with Crippen LogP contribution in [0.2, 0.25) is 0 Å². The van der Waals surface area contributed by atoms with E-state index in [1.807, 2.05) is 18.2 Å². The van der Waals surface area contributed by atoms with Crippen LogP contribution < -0.4 is 20.3 Å². The van der Waals surface area contributed by atoms with Crippen LogP contribution in [0.25, 0.3) is 0 Å². The molecule has 0 aliphatic carbocycles. The van der Waals surface area contributed by atoms with E-state index < -0.39 is 0 Å². The molecule has 1 rings (SSSR count). The highest BCUT2D eigenvalue weighted by Gasteiger charge is 1.99. The van der Waals surface area contributed by atoms with Crippen molar-refractivity contribution in [3.05, 3.63) is 18.2 Å². The van der Waals surface area contributed by atoms with Crippen LogP contribution in [0.15, 0.2) is 18.2 Å². The average Bonchev–Trinajstić information content (AvgIpc) is 2.17. The molecule has 1 aromatic carbocycles. The van der Waals surface area contributed by atoms with Gasteiger partial charge in [-0.1, -0.05) is 0 Å². The first-order chi connectivity index (χ1) is 6.30. The molecular weight excluding hydrogens is 168 g/mol. The minimum atomic E-state index is 0.761. The second kappa shape index (κ2) is 4.57. The van der Waals surface area contributed by atoms with Crippen LogP contribution >= 0.6 is 0 Å². The molecule has 4 heteroatoms. The molecule has 0 atom stereocenters. The van der Waals surface area contributed by atoms with Crippen molar-refractivity contribution in [2.45, 2.75) is 0 Å². The Kier molecular flexibility index (Phi) is 3.40. The standard InChI is InChI=1S/C9H14N2O2/c1-10-11-7-4-8(12-2)6-9(5-7)13-3/h4-6,10-11H,1-3H3. The van der Waals surface area contributed by atoms with Crippen molar-refractivity contribution < 1.29 is 9.47 Å². The Labute approximate surface area is 77.8 Å². The summed E-state index contributed by atoms with van der Waals surface area (Å²) in [5.74, 6) is 1.52. The van der Waals surface area contributed by atoms with Crippen LogP contribution in [0.3, 0.4) is 0 Å². The lowest BCUT2D eigenvalue weighted by molar-refractivity contribution is 0.394. The van der Waals surface area contributed by atoms with Crippen LogP contribution in [0.5, 0.6) is 11.5 Å². The third-order valence-corrected chi connectivity index (χ3v) is 1.62. The first-order valence-electron chi connectivity index (χ1n) is 3.96. The maximum atomic E-state index is 5.10. The number of rotatable bonds is 4. The number of ether oxygens (including phenoxy) is 2. The SMILES string of the molecule is CNNc1cc(OC)cc(OC)c1. The van der Waals surface area contributed by atoms with Gasteiger partial charge in [0.05, 0.1) is 19.9 Å². The van der Waals surface area contributed by atoms with Gasteiger partial charge in [0.1, 0.15) is 11.5 Å². The highest BCUT2D eigenvalue weighted by atomic mass is 16.5. The molecule has 0 aliphatic rings. The van der Waals surface area contributed by atoms with E-state index in [0.717, 1.165) is 17.2 Å². The molecule has 0 unspecified atom stereocenters. The van der Waals surface area contributed by atoms with Gasteiger partial charge in [-0.3, -0.25) is 0 Å². The molecule has 1 aromatic rings. The van der Waals surface area contributed by atoms with Gasteiger partial charge in [0, 0.05) is 25.2 Å². The number of hydrogen-bond acceptors (Lipinski definition) is 4. The minimum absolute atomic E-state index is 0.761. The van der Waals surface area contributed by atoms with E-state index in [4.69, 9.17) is 9.47 Å². The molecule has 0 saturated heterocycles. The molecule has 0 aliphatic heterocycles. The Morgan fingerprint density at radius 1 is 1.00 bits per heavy atom. The lowest BCUT2D eigenvalue weighted by atomic mass is 10.3. The monoisotopic (exact) mass is 182 g/mol. The fourth-order valence-electron chi connectivity index (χ4n) is 1.02. The van der Waals surface area contributed by atoms with E-state index in [-0.39, 0.29) is 0 Å². The quantitative estimate of drug-likeness (QED) is 0.688. The highest BCUT2D eigenvalue weighted by Crippen LogP contribution is 2.24. The molecule has 4 nitrogen and oxygen atoms in total. The van der Waals surface area contributed by atoms with E-state index in [2.05, 4.69) is 10.9 Å². The summed E-state index contributed by atoms with van der Waals surface area (Å²) in [7, 11) is 5.04. The molecular formula is C9H14N2O2. The lowest BCUT2D eigenvalue weighted by Crippen LogP contribution is -2.14. The van der Waals surface area contributed by atoms with Crippen molar-refractivity contribution in [1.82, 2.24) is 5.43 Å². The van der Waals surface area contributed by atoms with Gasteiger partial charge in [-0.15, -0.1) is 0 Å². The Morgan fingerprint density at radius 3 is 1.92 bits per heavy atom. The van der Waals surface area contributed by atoms with Crippen LogP contribution in [0.1, 0.15) is 0 Å². The van der Waals surface area contributed by atoms with Gasteiger partial charge in [0.15, 0.2) is 0 Å². The van der Waals surface area contributed by atoms with Gasteiger partial charge in [0.25, 0.3) is 0 Å². The van der Waals surface area contributed by atoms with Crippen molar-refractivity contribution in [3.8, 4) is 11.5 Å². The third-order valence-electron chi connectivity index (χ3n) is 1.62. The Hall–Kier alpha value is -1.42. The molecule has 0 fully saturated rings. The molecule has 0 heterocycles. The van der Waals surface area contributed by atoms with Gasteiger partial charge in [-0.25, -0.2) is 5.43 Å². The predicted molar refractivity (Wildman–Crippen MR) is 52.2 cm³/mol. The first kappa shape index (κ1) is 9.67. The topological polar surface area (TPSA) is 42.5 Å². The molecule has 0 spiro atoms. The number of benzene rings is 1. The number of hydrogen-bond donors (Lipinski definition) is 2. The summed E-state index contributed by atoms with van der Waals surface area (Å²) in [6, 6.07) is 5.57. The lowest BCUT2D eigenvalue weighted by Gasteiger charge is -2.09. The summed E-state index contributed by atoms with van der Waals surface area (Å²) >= 11 is 0. The molecule has 0 saturated carbocycles. The average molecular weight is 182 g/mol. The summed E-state index contributed by atoms with van der Waals surface area (Å²) < 4.78 is 10.2. The van der Waals surface area contributed by atoms with Crippen LogP contribution in [0.4, 0.5) is 5.69 Å². The van der Waals surface area contributed by atoms with Gasteiger partial charge in [-0.05, 0) is 0 Å². The van der Waals surface area contributed by atoms with Gasteiger partial charge in [-0.2, -0.15) is 0 Å². The Bertz CT molecular complexity index is 254. The number of methoxy groups -OCH3 is 2. The van der Waals surface area contributed by atoms with E-state index in [0.29, 0.717) is 0 Å². The van der Waals surface area contributed by atoms with Crippen molar-refractivity contribution >= 4 is 5.69 Å². The summed E-state index contributed by atoms with van der Waals surface area (Å²) in [5.41, 5.74) is 6.67. The zero-order chi connectivity index (χ0) is 9.68. The molecule has 0 aromatic heterocycles. The largest absolute Gasteiger partial charge is 0.497 e. The Balaban J connectivity index is 2.93. The molecule has 13 heavy (non-hydrogen) atoms. The smallest absolute Gasteiger partial charge is 0.124 e. The van der Waals surface area contributed by atoms with Gasteiger partial charge >= 0.3 is 0 Å². The summed E-state index contributed by atoms with van der Waals surface area (Å²) in [5, 5.41) is 0. The molecule has 2 N–H and O–H groups in total. The molecule has 0 amide bonds. The molecule has 0 bridgehead atoms. The zero-order valence-electron chi connectivity index (χ0n) is 8.05. The summed E-state index contributed by atoms with van der Waals surface area (Å²) in [6.07, 6.45) is 0. The highest BCUT2D eigenvalue weighted by molar-refractivity contribution is 5.53. The third kappa shape index (κ3) is 2.52. The number of hydrazine groups is 1. The van der Waals surface area contributed by atoms with Crippen molar-refractivity contribution in [2.24, 2.45) is 0 Å². The van der Waals surface area contributed by atoms with Crippen LogP contribution in [-0.2, 0) is 0 Å². The first-order valence-corrected chi connectivity index (χ1v) is 3.96. The van der Waals surface area contributed by atoms with Gasteiger partial charge in [0.2, 0.25) is 0 Å².